The van der Waals surface area contributed by atoms with Crippen LogP contribution in [0.2, 0.25) is 0 Å². The molecule has 0 fully saturated rings. The highest BCUT2D eigenvalue weighted by atomic mass is 32.2. The van der Waals surface area contributed by atoms with E-state index in [1.54, 1.807) is 6.07 Å². The maximum atomic E-state index is 12.3. The monoisotopic (exact) mass is 345 g/mol. The number of carboxylic acid groups (broad SMARTS) is 2. The van der Waals surface area contributed by atoms with Crippen molar-refractivity contribution in [2.24, 2.45) is 0 Å². The second-order valence-corrected chi connectivity index (χ2v) is 6.54. The molecule has 11 heteroatoms. The standard InChI is InChI=1S/C11H11N3O6S2/c15-9(16)5-4-7(11(17)18)14-22(19,20)8-3-1-2-6-10(8)13-21-12-6/h1-3,7,14H,4-5H2,(H,15,16)(H,17,18). The summed E-state index contributed by atoms with van der Waals surface area (Å²) in [5.74, 6) is -2.66. The van der Waals surface area contributed by atoms with Crippen molar-refractivity contribution in [3.05, 3.63) is 18.2 Å². The van der Waals surface area contributed by atoms with E-state index in [9.17, 15) is 18.0 Å². The lowest BCUT2D eigenvalue weighted by Gasteiger charge is -2.14. The smallest absolute Gasteiger partial charge is 0.321 e. The van der Waals surface area contributed by atoms with E-state index < -0.39 is 34.4 Å². The number of rotatable bonds is 7. The molecule has 0 radical (unpaired) electrons. The van der Waals surface area contributed by atoms with Crippen LogP contribution in [0.15, 0.2) is 23.1 Å². The minimum Gasteiger partial charge on any atom is -0.481 e. The van der Waals surface area contributed by atoms with Crippen molar-refractivity contribution in [2.45, 2.75) is 23.8 Å². The Morgan fingerprint density at radius 2 is 2.00 bits per heavy atom. The predicted molar refractivity (Wildman–Crippen MR) is 76.0 cm³/mol. The van der Waals surface area contributed by atoms with Crippen LogP contribution < -0.4 is 4.72 Å². The molecule has 22 heavy (non-hydrogen) atoms. The fourth-order valence-electron chi connectivity index (χ4n) is 1.75. The van der Waals surface area contributed by atoms with E-state index in [0.29, 0.717) is 5.52 Å². The Morgan fingerprint density at radius 3 is 2.64 bits per heavy atom. The first-order valence-corrected chi connectivity index (χ1v) is 8.21. The molecule has 0 saturated carbocycles. The number of aromatic nitrogens is 2. The maximum Gasteiger partial charge on any atom is 0.321 e. The molecule has 0 aliphatic carbocycles. The van der Waals surface area contributed by atoms with Gasteiger partial charge in [-0.1, -0.05) is 6.07 Å². The summed E-state index contributed by atoms with van der Waals surface area (Å²) in [5, 5.41) is 17.6. The number of fused-ring (bicyclic) bond motifs is 1. The summed E-state index contributed by atoms with van der Waals surface area (Å²) in [4.78, 5) is 21.4. The van der Waals surface area contributed by atoms with Crippen molar-refractivity contribution in [1.82, 2.24) is 13.5 Å². The van der Waals surface area contributed by atoms with Crippen molar-refractivity contribution in [3.63, 3.8) is 0 Å². The van der Waals surface area contributed by atoms with Crippen LogP contribution in [-0.4, -0.2) is 45.4 Å². The number of carboxylic acids is 2. The van der Waals surface area contributed by atoms with E-state index in [4.69, 9.17) is 10.2 Å². The van der Waals surface area contributed by atoms with Crippen LogP contribution in [0.4, 0.5) is 0 Å². The summed E-state index contributed by atoms with van der Waals surface area (Å²) in [6.45, 7) is 0. The van der Waals surface area contributed by atoms with Crippen LogP contribution in [0.3, 0.4) is 0 Å². The number of carbonyl (C=O) groups is 2. The van der Waals surface area contributed by atoms with Gasteiger partial charge in [-0.15, -0.1) is 0 Å². The molecule has 9 nitrogen and oxygen atoms in total. The van der Waals surface area contributed by atoms with E-state index >= 15 is 0 Å². The molecule has 0 amide bonds. The Morgan fingerprint density at radius 1 is 1.27 bits per heavy atom. The second kappa shape index (κ2) is 6.34. The molecule has 1 aromatic heterocycles. The molecule has 3 N–H and O–H groups in total. The normalized spacial score (nSPS) is 13.1. The van der Waals surface area contributed by atoms with Crippen LogP contribution in [0.25, 0.3) is 11.0 Å². The number of hydrogen-bond acceptors (Lipinski definition) is 7. The third kappa shape index (κ3) is 3.55. The van der Waals surface area contributed by atoms with Crippen molar-refractivity contribution >= 4 is 44.7 Å². The minimum atomic E-state index is -4.17. The number of hydrogen-bond donors (Lipinski definition) is 3. The molecule has 1 heterocycles. The molecule has 0 bridgehead atoms. The average molecular weight is 345 g/mol. The van der Waals surface area contributed by atoms with E-state index in [1.165, 1.54) is 12.1 Å². The van der Waals surface area contributed by atoms with Gasteiger partial charge in [-0.3, -0.25) is 9.59 Å². The van der Waals surface area contributed by atoms with E-state index in [0.717, 1.165) is 11.7 Å². The second-order valence-electron chi connectivity index (χ2n) is 4.33. The quantitative estimate of drug-likeness (QED) is 0.648. The van der Waals surface area contributed by atoms with Gasteiger partial charge < -0.3 is 10.2 Å². The van der Waals surface area contributed by atoms with Gasteiger partial charge in [0.2, 0.25) is 10.0 Å². The summed E-state index contributed by atoms with van der Waals surface area (Å²) >= 11 is 0.836. The predicted octanol–water partition coefficient (Wildman–Crippen LogP) is 0.288. The number of benzene rings is 1. The third-order valence-corrected chi connectivity index (χ3v) is 4.83. The highest BCUT2D eigenvalue weighted by Gasteiger charge is 2.27. The molecule has 1 atom stereocenters. The lowest BCUT2D eigenvalue weighted by atomic mass is 10.2. The minimum absolute atomic E-state index is 0.141. The molecule has 1 unspecified atom stereocenters. The molecule has 0 spiro atoms. The summed E-state index contributed by atoms with van der Waals surface area (Å²) in [7, 11) is -4.17. The van der Waals surface area contributed by atoms with Crippen molar-refractivity contribution in [1.29, 1.82) is 0 Å². The number of aliphatic carboxylic acids is 2. The summed E-state index contributed by atoms with van der Waals surface area (Å²) in [6.07, 6.45) is -0.836. The van der Waals surface area contributed by atoms with Crippen LogP contribution >= 0.6 is 11.7 Å². The van der Waals surface area contributed by atoms with E-state index in [2.05, 4.69) is 8.75 Å². The van der Waals surface area contributed by atoms with Gasteiger partial charge in [-0.2, -0.15) is 13.5 Å². The zero-order valence-corrected chi connectivity index (χ0v) is 12.6. The third-order valence-electron chi connectivity index (χ3n) is 2.78. The number of nitrogens with one attached hydrogen (secondary N) is 1. The summed E-state index contributed by atoms with van der Waals surface area (Å²) in [5.41, 5.74) is 0.521. The van der Waals surface area contributed by atoms with Crippen LogP contribution in [-0.2, 0) is 19.6 Å². The van der Waals surface area contributed by atoms with Gasteiger partial charge in [0.15, 0.2) is 0 Å². The first kappa shape index (κ1) is 16.3. The lowest BCUT2D eigenvalue weighted by Crippen LogP contribution is -2.41. The van der Waals surface area contributed by atoms with Gasteiger partial charge in [-0.05, 0) is 18.6 Å². The van der Waals surface area contributed by atoms with Crippen LogP contribution in [0, 0.1) is 0 Å². The molecule has 0 aliphatic heterocycles. The van der Waals surface area contributed by atoms with Gasteiger partial charge in [0.25, 0.3) is 0 Å². The SMILES string of the molecule is O=C(O)CCC(NS(=O)(=O)c1cccc2nsnc12)C(=O)O. The fraction of sp³-hybridized carbons (Fsp3) is 0.273. The zero-order chi connectivity index (χ0) is 16.3. The van der Waals surface area contributed by atoms with Crippen molar-refractivity contribution in [3.8, 4) is 0 Å². The highest BCUT2D eigenvalue weighted by molar-refractivity contribution is 7.89. The fourth-order valence-corrected chi connectivity index (χ4v) is 3.74. The Hall–Kier alpha value is -2.11. The Kier molecular flexibility index (Phi) is 4.68. The van der Waals surface area contributed by atoms with Crippen LogP contribution in [0.1, 0.15) is 12.8 Å². The Labute approximate surface area is 129 Å². The highest BCUT2D eigenvalue weighted by Crippen LogP contribution is 2.21. The Balaban J connectivity index is 2.31. The summed E-state index contributed by atoms with van der Waals surface area (Å²) < 4.78 is 34.4. The van der Waals surface area contributed by atoms with Crippen molar-refractivity contribution in [2.75, 3.05) is 0 Å². The molecule has 0 saturated heterocycles. The van der Waals surface area contributed by atoms with Gasteiger partial charge in [-0.25, -0.2) is 8.42 Å². The summed E-state index contributed by atoms with van der Waals surface area (Å²) in [6, 6.07) is 2.78. The largest absolute Gasteiger partial charge is 0.481 e. The topological polar surface area (TPSA) is 147 Å². The molecule has 2 aromatic rings. The molecule has 2 rings (SSSR count). The lowest BCUT2D eigenvalue weighted by molar-refractivity contribution is -0.140. The zero-order valence-electron chi connectivity index (χ0n) is 11.0. The molecular weight excluding hydrogens is 334 g/mol. The van der Waals surface area contributed by atoms with Gasteiger partial charge in [0.1, 0.15) is 22.0 Å². The molecule has 0 aliphatic rings. The molecular formula is C11H11N3O6S2. The average Bonchev–Trinajstić information content (AvgIpc) is 2.90. The first-order chi connectivity index (χ1) is 10.3. The van der Waals surface area contributed by atoms with Gasteiger partial charge in [0, 0.05) is 6.42 Å². The number of nitrogens with zero attached hydrogens (tertiary/aromatic N) is 2. The Bertz CT molecular complexity index is 816. The van der Waals surface area contributed by atoms with Gasteiger partial charge >= 0.3 is 11.9 Å². The van der Waals surface area contributed by atoms with Crippen LogP contribution in [0.5, 0.6) is 0 Å². The van der Waals surface area contributed by atoms with Crippen molar-refractivity contribution < 1.29 is 28.2 Å². The molecule has 118 valence electrons. The maximum absolute atomic E-state index is 12.3. The molecule has 1 aromatic carbocycles. The first-order valence-electron chi connectivity index (χ1n) is 5.99. The van der Waals surface area contributed by atoms with E-state index in [-0.39, 0.29) is 16.8 Å². The number of sulfonamides is 1. The van der Waals surface area contributed by atoms with E-state index in [1.807, 2.05) is 4.72 Å². The van der Waals surface area contributed by atoms with Gasteiger partial charge in [0.05, 0.1) is 11.7 Å².